The van der Waals surface area contributed by atoms with Crippen molar-refractivity contribution in [3.8, 4) is 0 Å². The van der Waals surface area contributed by atoms with Crippen LogP contribution in [0.4, 0.5) is 0 Å². The van der Waals surface area contributed by atoms with Gasteiger partial charge in [-0.25, -0.2) is 0 Å². The molecular formula is C18H36N2. The van der Waals surface area contributed by atoms with Crippen molar-refractivity contribution in [1.82, 2.24) is 10.2 Å². The van der Waals surface area contributed by atoms with Gasteiger partial charge in [-0.2, -0.15) is 0 Å². The molecule has 0 aromatic heterocycles. The van der Waals surface area contributed by atoms with Crippen molar-refractivity contribution in [3.63, 3.8) is 0 Å². The molecule has 1 saturated heterocycles. The fourth-order valence-corrected chi connectivity index (χ4v) is 4.12. The minimum atomic E-state index is 0.731. The molecule has 0 amide bonds. The number of hydrogen-bond acceptors (Lipinski definition) is 2. The van der Waals surface area contributed by atoms with Crippen molar-refractivity contribution in [1.29, 1.82) is 0 Å². The fourth-order valence-electron chi connectivity index (χ4n) is 4.12. The van der Waals surface area contributed by atoms with Gasteiger partial charge in [0.15, 0.2) is 0 Å². The molecule has 2 fully saturated rings. The summed E-state index contributed by atoms with van der Waals surface area (Å²) in [7, 11) is 0. The lowest BCUT2D eigenvalue weighted by molar-refractivity contribution is 0.167. The summed E-state index contributed by atoms with van der Waals surface area (Å²) >= 11 is 0. The van der Waals surface area contributed by atoms with Crippen molar-refractivity contribution >= 4 is 0 Å². The SMILES string of the molecule is CC(C)CN1CCC(N[C@H](C)C2CCCCCC2)CC1. The molecule has 0 unspecified atom stereocenters. The Hall–Kier alpha value is -0.0800. The van der Waals surface area contributed by atoms with Crippen LogP contribution in [0.1, 0.15) is 72.1 Å². The van der Waals surface area contributed by atoms with E-state index in [9.17, 15) is 0 Å². The van der Waals surface area contributed by atoms with Crippen LogP contribution in [0.3, 0.4) is 0 Å². The van der Waals surface area contributed by atoms with Crippen molar-refractivity contribution < 1.29 is 0 Å². The van der Waals surface area contributed by atoms with Crippen LogP contribution in [0.25, 0.3) is 0 Å². The third kappa shape index (κ3) is 5.37. The van der Waals surface area contributed by atoms with Crippen LogP contribution in [-0.4, -0.2) is 36.6 Å². The second-order valence-electron chi connectivity index (χ2n) is 7.68. The van der Waals surface area contributed by atoms with E-state index in [-0.39, 0.29) is 0 Å². The lowest BCUT2D eigenvalue weighted by Crippen LogP contribution is -2.48. The number of nitrogens with one attached hydrogen (secondary N) is 1. The monoisotopic (exact) mass is 280 g/mol. The Bertz CT molecular complexity index is 248. The molecule has 2 rings (SSSR count). The summed E-state index contributed by atoms with van der Waals surface area (Å²) in [5, 5.41) is 3.96. The average Bonchev–Trinajstić information content (AvgIpc) is 2.69. The first-order chi connectivity index (χ1) is 9.65. The Balaban J connectivity index is 1.68. The van der Waals surface area contributed by atoms with E-state index in [1.807, 2.05) is 0 Å². The molecule has 2 nitrogen and oxygen atoms in total. The maximum atomic E-state index is 3.96. The van der Waals surface area contributed by atoms with Gasteiger partial charge in [0.1, 0.15) is 0 Å². The second-order valence-corrected chi connectivity index (χ2v) is 7.68. The summed E-state index contributed by atoms with van der Waals surface area (Å²) in [6.07, 6.45) is 11.5. The van der Waals surface area contributed by atoms with Gasteiger partial charge in [-0.05, 0) is 57.5 Å². The summed E-state index contributed by atoms with van der Waals surface area (Å²) < 4.78 is 0. The van der Waals surface area contributed by atoms with E-state index in [1.165, 1.54) is 71.0 Å². The molecule has 1 N–H and O–H groups in total. The van der Waals surface area contributed by atoms with Crippen LogP contribution >= 0.6 is 0 Å². The topological polar surface area (TPSA) is 15.3 Å². The Labute approximate surface area is 126 Å². The molecular weight excluding hydrogens is 244 g/mol. The van der Waals surface area contributed by atoms with Crippen molar-refractivity contribution in [2.45, 2.75) is 84.2 Å². The van der Waals surface area contributed by atoms with Gasteiger partial charge in [-0.1, -0.05) is 39.5 Å². The Morgan fingerprint density at radius 1 is 0.900 bits per heavy atom. The van der Waals surface area contributed by atoms with E-state index in [0.717, 1.165) is 23.9 Å². The third-order valence-electron chi connectivity index (χ3n) is 5.32. The molecule has 2 heteroatoms. The van der Waals surface area contributed by atoms with Gasteiger partial charge < -0.3 is 10.2 Å². The first kappa shape index (κ1) is 16.3. The first-order valence-electron chi connectivity index (χ1n) is 9.13. The normalized spacial score (nSPS) is 25.8. The largest absolute Gasteiger partial charge is 0.311 e. The standard InChI is InChI=1S/C18H36N2/c1-15(2)14-20-12-10-18(11-13-20)19-16(3)17-8-6-4-5-7-9-17/h15-19H,4-14H2,1-3H3/t16-/m1/s1. The molecule has 1 atom stereocenters. The van der Waals surface area contributed by atoms with E-state index in [0.29, 0.717) is 0 Å². The quantitative estimate of drug-likeness (QED) is 0.764. The number of nitrogens with zero attached hydrogens (tertiary/aromatic N) is 1. The molecule has 1 aliphatic carbocycles. The van der Waals surface area contributed by atoms with Gasteiger partial charge in [0.05, 0.1) is 0 Å². The van der Waals surface area contributed by atoms with Gasteiger partial charge in [0.2, 0.25) is 0 Å². The fraction of sp³-hybridized carbons (Fsp3) is 1.00. The number of likely N-dealkylation sites (tertiary alicyclic amines) is 1. The number of piperidine rings is 1. The summed E-state index contributed by atoms with van der Waals surface area (Å²) in [6, 6.07) is 1.51. The van der Waals surface area contributed by atoms with Gasteiger partial charge in [0, 0.05) is 18.6 Å². The van der Waals surface area contributed by atoms with Crippen LogP contribution in [0.15, 0.2) is 0 Å². The van der Waals surface area contributed by atoms with Crippen LogP contribution < -0.4 is 5.32 Å². The summed E-state index contributed by atoms with van der Waals surface area (Å²) in [5.41, 5.74) is 0. The lowest BCUT2D eigenvalue weighted by Gasteiger charge is -2.36. The van der Waals surface area contributed by atoms with Crippen molar-refractivity contribution in [2.24, 2.45) is 11.8 Å². The van der Waals surface area contributed by atoms with Gasteiger partial charge in [0.25, 0.3) is 0 Å². The molecule has 0 radical (unpaired) electrons. The van der Waals surface area contributed by atoms with E-state index in [2.05, 4.69) is 31.0 Å². The van der Waals surface area contributed by atoms with Gasteiger partial charge >= 0.3 is 0 Å². The van der Waals surface area contributed by atoms with E-state index >= 15 is 0 Å². The van der Waals surface area contributed by atoms with Gasteiger partial charge in [-0.15, -0.1) is 0 Å². The maximum Gasteiger partial charge on any atom is 0.00940 e. The second kappa shape index (κ2) is 8.38. The smallest absolute Gasteiger partial charge is 0.00940 e. The Kier molecular flexibility index (Phi) is 6.83. The zero-order valence-electron chi connectivity index (χ0n) is 14.0. The molecule has 2 aliphatic rings. The number of hydrogen-bond donors (Lipinski definition) is 1. The molecule has 0 aromatic rings. The minimum Gasteiger partial charge on any atom is -0.311 e. The number of rotatable bonds is 5. The zero-order valence-corrected chi connectivity index (χ0v) is 14.0. The molecule has 1 heterocycles. The highest BCUT2D eigenvalue weighted by molar-refractivity contribution is 4.83. The molecule has 0 aromatic carbocycles. The Morgan fingerprint density at radius 3 is 2.05 bits per heavy atom. The minimum absolute atomic E-state index is 0.731. The zero-order chi connectivity index (χ0) is 14.4. The van der Waals surface area contributed by atoms with Crippen molar-refractivity contribution in [2.75, 3.05) is 19.6 Å². The van der Waals surface area contributed by atoms with Crippen LogP contribution in [0.5, 0.6) is 0 Å². The van der Waals surface area contributed by atoms with E-state index < -0.39 is 0 Å². The lowest BCUT2D eigenvalue weighted by atomic mass is 9.91. The highest BCUT2D eigenvalue weighted by Gasteiger charge is 2.24. The molecule has 1 saturated carbocycles. The van der Waals surface area contributed by atoms with E-state index in [4.69, 9.17) is 0 Å². The summed E-state index contributed by atoms with van der Waals surface area (Å²) in [5.74, 6) is 1.75. The third-order valence-corrected chi connectivity index (χ3v) is 5.32. The summed E-state index contributed by atoms with van der Waals surface area (Å²) in [6.45, 7) is 11.0. The van der Waals surface area contributed by atoms with Gasteiger partial charge in [-0.3, -0.25) is 0 Å². The molecule has 118 valence electrons. The van der Waals surface area contributed by atoms with Crippen LogP contribution in [-0.2, 0) is 0 Å². The highest BCUT2D eigenvalue weighted by atomic mass is 15.1. The maximum absolute atomic E-state index is 3.96. The molecule has 20 heavy (non-hydrogen) atoms. The van der Waals surface area contributed by atoms with E-state index in [1.54, 1.807) is 0 Å². The Morgan fingerprint density at radius 2 is 1.50 bits per heavy atom. The van der Waals surface area contributed by atoms with Crippen LogP contribution in [0, 0.1) is 11.8 Å². The predicted molar refractivity (Wildman–Crippen MR) is 88.1 cm³/mol. The molecule has 1 aliphatic heterocycles. The first-order valence-corrected chi connectivity index (χ1v) is 9.13. The predicted octanol–water partition coefficient (Wildman–Crippen LogP) is 4.06. The van der Waals surface area contributed by atoms with Crippen LogP contribution in [0.2, 0.25) is 0 Å². The summed E-state index contributed by atoms with van der Waals surface area (Å²) in [4.78, 5) is 2.65. The van der Waals surface area contributed by atoms with Crippen molar-refractivity contribution in [3.05, 3.63) is 0 Å². The average molecular weight is 280 g/mol. The molecule has 0 bridgehead atoms. The molecule has 0 spiro atoms. The highest BCUT2D eigenvalue weighted by Crippen LogP contribution is 2.26.